The van der Waals surface area contributed by atoms with Crippen LogP contribution in [-0.2, 0) is 4.74 Å². The summed E-state index contributed by atoms with van der Waals surface area (Å²) < 4.78 is 24.5. The van der Waals surface area contributed by atoms with Gasteiger partial charge in [0.25, 0.3) is 0 Å². The molecule has 128 valence electrons. The van der Waals surface area contributed by atoms with E-state index in [9.17, 15) is 19.1 Å². The molecule has 0 atom stereocenters. The molecule has 0 heterocycles. The van der Waals surface area contributed by atoms with Crippen LogP contribution in [0.25, 0.3) is 0 Å². The van der Waals surface area contributed by atoms with Crippen molar-refractivity contribution in [1.82, 2.24) is 0 Å². The van der Waals surface area contributed by atoms with Crippen molar-refractivity contribution in [3.8, 4) is 5.75 Å². The first-order chi connectivity index (χ1) is 10.3. The lowest BCUT2D eigenvalue weighted by Crippen LogP contribution is -2.28. The van der Waals surface area contributed by atoms with Gasteiger partial charge in [-0.25, -0.2) is 14.0 Å². The van der Waals surface area contributed by atoms with Crippen LogP contribution in [0.2, 0.25) is 0 Å². The van der Waals surface area contributed by atoms with Crippen molar-refractivity contribution >= 4 is 17.7 Å². The molecule has 1 amide bonds. The summed E-state index contributed by atoms with van der Waals surface area (Å²) in [5.74, 6) is -2.31. The maximum Gasteiger partial charge on any atom is 0.412 e. The normalized spacial score (nSPS) is 11.8. The molecule has 1 rings (SSSR count). The van der Waals surface area contributed by atoms with Crippen LogP contribution in [0.4, 0.5) is 14.9 Å². The fourth-order valence-electron chi connectivity index (χ4n) is 1.66. The Hall–Kier alpha value is -2.31. The number of amides is 1. The Bertz CT molecular complexity index is 614. The topological polar surface area (TPSA) is 84.9 Å². The van der Waals surface area contributed by atoms with Gasteiger partial charge < -0.3 is 14.6 Å². The molecule has 23 heavy (non-hydrogen) atoms. The predicted molar refractivity (Wildman–Crippen MR) is 83.6 cm³/mol. The van der Waals surface area contributed by atoms with Crippen molar-refractivity contribution in [2.75, 3.05) is 5.32 Å². The lowest BCUT2D eigenvalue weighted by atomic mass is 10.1. The summed E-state index contributed by atoms with van der Waals surface area (Å²) in [4.78, 5) is 23.1. The van der Waals surface area contributed by atoms with Gasteiger partial charge in [-0.05, 0) is 47.6 Å². The first kappa shape index (κ1) is 18.7. The summed E-state index contributed by atoms with van der Waals surface area (Å²) in [7, 11) is 0. The van der Waals surface area contributed by atoms with Gasteiger partial charge in [0.2, 0.25) is 0 Å². The quantitative estimate of drug-likeness (QED) is 0.875. The van der Waals surface area contributed by atoms with Gasteiger partial charge in [0.05, 0.1) is 11.3 Å². The third-order valence-corrected chi connectivity index (χ3v) is 2.35. The summed E-state index contributed by atoms with van der Waals surface area (Å²) in [6, 6.07) is 1.93. The Morgan fingerprint density at radius 2 is 1.65 bits per heavy atom. The van der Waals surface area contributed by atoms with Gasteiger partial charge >= 0.3 is 12.1 Å². The van der Waals surface area contributed by atoms with Crippen LogP contribution in [0.1, 0.15) is 51.9 Å². The van der Waals surface area contributed by atoms with Gasteiger partial charge in [-0.1, -0.05) is 0 Å². The molecule has 6 nitrogen and oxygen atoms in total. The maximum absolute atomic E-state index is 14.1. The van der Waals surface area contributed by atoms with Gasteiger partial charge in [0.15, 0.2) is 11.6 Å². The largest absolute Gasteiger partial charge is 0.485 e. The van der Waals surface area contributed by atoms with Crippen LogP contribution in [0.15, 0.2) is 12.1 Å². The highest BCUT2D eigenvalue weighted by atomic mass is 19.1. The number of carboxylic acids is 1. The zero-order chi connectivity index (χ0) is 18.0. The Labute approximate surface area is 134 Å². The highest BCUT2D eigenvalue weighted by Gasteiger charge is 2.23. The molecule has 0 aliphatic rings. The van der Waals surface area contributed by atoms with E-state index < -0.39 is 29.1 Å². The van der Waals surface area contributed by atoms with E-state index in [1.54, 1.807) is 41.5 Å². The third-order valence-electron chi connectivity index (χ3n) is 2.35. The first-order valence-electron chi connectivity index (χ1n) is 7.04. The molecule has 0 aromatic heterocycles. The van der Waals surface area contributed by atoms with E-state index in [2.05, 4.69) is 5.32 Å². The molecule has 0 saturated heterocycles. The predicted octanol–water partition coefficient (Wildman–Crippen LogP) is 4.05. The van der Waals surface area contributed by atoms with Gasteiger partial charge in [-0.3, -0.25) is 5.32 Å². The fraction of sp³-hybridized carbons (Fsp3) is 0.500. The number of aromatic carboxylic acids is 1. The van der Waals surface area contributed by atoms with Gasteiger partial charge in [0.1, 0.15) is 11.2 Å². The summed E-state index contributed by atoms with van der Waals surface area (Å²) in [6.45, 7) is 10.1. The number of ether oxygens (including phenoxy) is 2. The lowest BCUT2D eigenvalue weighted by Gasteiger charge is -2.23. The van der Waals surface area contributed by atoms with E-state index in [0.717, 1.165) is 12.1 Å². The average Bonchev–Trinajstić information content (AvgIpc) is 2.27. The molecule has 2 N–H and O–H groups in total. The van der Waals surface area contributed by atoms with Crippen molar-refractivity contribution in [1.29, 1.82) is 0 Å². The van der Waals surface area contributed by atoms with E-state index >= 15 is 0 Å². The van der Waals surface area contributed by atoms with Gasteiger partial charge in [-0.2, -0.15) is 0 Å². The smallest absolute Gasteiger partial charge is 0.412 e. The van der Waals surface area contributed by atoms with E-state index in [-0.39, 0.29) is 17.0 Å². The Kier molecular flexibility index (Phi) is 5.24. The first-order valence-corrected chi connectivity index (χ1v) is 7.04. The summed E-state index contributed by atoms with van der Waals surface area (Å²) in [6.07, 6.45) is -0.871. The average molecular weight is 327 g/mol. The molecule has 0 aliphatic heterocycles. The highest BCUT2D eigenvalue weighted by molar-refractivity contribution is 5.99. The minimum Gasteiger partial charge on any atom is -0.485 e. The van der Waals surface area contributed by atoms with Crippen LogP contribution in [0, 0.1) is 5.82 Å². The summed E-state index contributed by atoms with van der Waals surface area (Å²) in [5, 5.41) is 11.5. The second kappa shape index (κ2) is 6.44. The number of hydrogen-bond donors (Lipinski definition) is 2. The molecule has 0 saturated carbocycles. The lowest BCUT2D eigenvalue weighted by molar-refractivity contribution is 0.0635. The van der Waals surface area contributed by atoms with Crippen LogP contribution in [-0.4, -0.2) is 28.4 Å². The fourth-order valence-corrected chi connectivity index (χ4v) is 1.66. The number of halogens is 1. The van der Waals surface area contributed by atoms with Crippen molar-refractivity contribution < 1.29 is 28.6 Å². The minimum atomic E-state index is -1.32. The minimum absolute atomic E-state index is 0.203. The number of carbonyl (C=O) groups excluding carboxylic acids is 1. The standard InChI is InChI=1S/C16H22FNO5/c1-15(2,3)22-12-7-9(13(19)20)11(8-10(12)17)18-14(21)23-16(4,5)6/h7-8H,1-6H3,(H,18,21)(H,19,20). The molecule has 0 fully saturated rings. The molecule has 0 spiro atoms. The van der Waals surface area contributed by atoms with Crippen molar-refractivity contribution in [2.24, 2.45) is 0 Å². The number of rotatable bonds is 3. The molecule has 1 aromatic rings. The zero-order valence-electron chi connectivity index (χ0n) is 14.1. The third kappa shape index (κ3) is 6.14. The molecular formula is C16H22FNO5. The number of benzene rings is 1. The van der Waals surface area contributed by atoms with Crippen molar-refractivity contribution in [2.45, 2.75) is 52.7 Å². The van der Waals surface area contributed by atoms with E-state index in [1.807, 2.05) is 0 Å². The number of anilines is 1. The molecule has 0 bridgehead atoms. The van der Waals surface area contributed by atoms with Crippen molar-refractivity contribution in [3.05, 3.63) is 23.5 Å². The van der Waals surface area contributed by atoms with Crippen LogP contribution in [0.3, 0.4) is 0 Å². The highest BCUT2D eigenvalue weighted by Crippen LogP contribution is 2.29. The number of carbonyl (C=O) groups is 2. The molecule has 0 unspecified atom stereocenters. The Morgan fingerprint density at radius 3 is 2.09 bits per heavy atom. The van der Waals surface area contributed by atoms with Gasteiger partial charge in [-0.15, -0.1) is 0 Å². The number of carboxylic acid groups (broad SMARTS) is 1. The van der Waals surface area contributed by atoms with Crippen molar-refractivity contribution in [3.63, 3.8) is 0 Å². The molecule has 0 radical (unpaired) electrons. The van der Waals surface area contributed by atoms with E-state index in [1.165, 1.54) is 0 Å². The number of nitrogens with one attached hydrogen (secondary N) is 1. The Balaban J connectivity index is 3.16. The van der Waals surface area contributed by atoms with E-state index in [4.69, 9.17) is 9.47 Å². The maximum atomic E-state index is 14.1. The second-order valence-corrected chi connectivity index (χ2v) is 6.97. The SMILES string of the molecule is CC(C)(C)OC(=O)Nc1cc(F)c(OC(C)(C)C)cc1C(=O)O. The monoisotopic (exact) mass is 327 g/mol. The van der Waals surface area contributed by atoms with Crippen LogP contribution < -0.4 is 10.1 Å². The second-order valence-electron chi connectivity index (χ2n) is 6.97. The zero-order valence-corrected chi connectivity index (χ0v) is 14.1. The summed E-state index contributed by atoms with van der Waals surface area (Å²) in [5.41, 5.74) is -1.96. The molecular weight excluding hydrogens is 305 g/mol. The summed E-state index contributed by atoms with van der Waals surface area (Å²) >= 11 is 0. The van der Waals surface area contributed by atoms with Crippen LogP contribution in [0.5, 0.6) is 5.75 Å². The number of hydrogen-bond acceptors (Lipinski definition) is 4. The van der Waals surface area contributed by atoms with Gasteiger partial charge in [0, 0.05) is 6.07 Å². The molecule has 7 heteroatoms. The van der Waals surface area contributed by atoms with Crippen LogP contribution >= 0.6 is 0 Å². The molecule has 1 aromatic carbocycles. The molecule has 0 aliphatic carbocycles. The van der Waals surface area contributed by atoms with E-state index in [0.29, 0.717) is 0 Å². The Morgan fingerprint density at radius 1 is 1.09 bits per heavy atom.